The van der Waals surface area contributed by atoms with Crippen LogP contribution in [0.1, 0.15) is 17.2 Å². The third kappa shape index (κ3) is 7.37. The number of amides is 1. The van der Waals surface area contributed by atoms with Crippen molar-refractivity contribution in [1.29, 1.82) is 0 Å². The van der Waals surface area contributed by atoms with Gasteiger partial charge in [0.05, 0.1) is 4.90 Å². The molecule has 3 atom stereocenters. The number of benzene rings is 2. The Morgan fingerprint density at radius 1 is 1.10 bits per heavy atom. The van der Waals surface area contributed by atoms with E-state index in [0.29, 0.717) is 5.56 Å². The highest BCUT2D eigenvalue weighted by Gasteiger charge is 2.36. The molecule has 0 heterocycles. The van der Waals surface area contributed by atoms with Crippen LogP contribution in [-0.2, 0) is 25.8 Å². The maximum Gasteiger partial charge on any atom is 0.506 e. The van der Waals surface area contributed by atoms with Gasteiger partial charge in [0.2, 0.25) is 0 Å². The first kappa shape index (κ1) is 24.9. The molecule has 0 aromatic heterocycles. The molecular formula is C20H20Cl2FNO6S. The molecule has 0 bridgehead atoms. The summed E-state index contributed by atoms with van der Waals surface area (Å²) in [5.41, 5.74) is 0.737. The smallest absolute Gasteiger partial charge is 0.450 e. The standard InChI is InChI=1S/C20H20Cl2FNO6S/c1-31(28,29)14-9-7-13(8-10-14)17(30-20(26)27)16(24-19(25)18(21)22)15(23)11-12-5-3-2-4-6-12/h2-10,15-18H,11H2,1H3,(H,24,25)(H,26,27)/t15?,16-,17-/m1/s1. The van der Waals surface area contributed by atoms with Crippen LogP contribution in [0.25, 0.3) is 0 Å². The third-order valence-corrected chi connectivity index (χ3v) is 5.89. The fourth-order valence-electron chi connectivity index (χ4n) is 2.91. The van der Waals surface area contributed by atoms with Crippen LogP contribution in [0.3, 0.4) is 0 Å². The zero-order valence-corrected chi connectivity index (χ0v) is 18.6. The Labute approximate surface area is 189 Å². The van der Waals surface area contributed by atoms with Gasteiger partial charge in [-0.25, -0.2) is 17.6 Å². The van der Waals surface area contributed by atoms with E-state index in [-0.39, 0.29) is 16.9 Å². The molecule has 1 unspecified atom stereocenters. The average Bonchev–Trinajstić information content (AvgIpc) is 2.70. The molecule has 11 heteroatoms. The van der Waals surface area contributed by atoms with Gasteiger partial charge in [-0.05, 0) is 23.3 Å². The second-order valence-corrected chi connectivity index (χ2v) is 9.80. The molecule has 2 aromatic carbocycles. The summed E-state index contributed by atoms with van der Waals surface area (Å²) in [5, 5.41) is 11.5. The van der Waals surface area contributed by atoms with Gasteiger partial charge in [0.15, 0.2) is 20.8 Å². The molecule has 0 radical (unpaired) electrons. The van der Waals surface area contributed by atoms with Crippen molar-refractivity contribution in [3.8, 4) is 0 Å². The van der Waals surface area contributed by atoms with Gasteiger partial charge in [-0.3, -0.25) is 4.79 Å². The predicted molar refractivity (Wildman–Crippen MR) is 114 cm³/mol. The Bertz CT molecular complexity index is 1000. The maximum absolute atomic E-state index is 15.4. The van der Waals surface area contributed by atoms with E-state index in [9.17, 15) is 23.1 Å². The van der Waals surface area contributed by atoms with Gasteiger partial charge in [0, 0.05) is 12.7 Å². The number of nitrogens with one attached hydrogen (secondary N) is 1. The largest absolute Gasteiger partial charge is 0.506 e. The summed E-state index contributed by atoms with van der Waals surface area (Å²) >= 11 is 11.1. The number of hydrogen-bond donors (Lipinski definition) is 2. The van der Waals surface area contributed by atoms with Crippen LogP contribution in [0, 0.1) is 0 Å². The summed E-state index contributed by atoms with van der Waals surface area (Å²) in [7, 11) is -3.51. The van der Waals surface area contributed by atoms with Crippen molar-refractivity contribution in [3.63, 3.8) is 0 Å². The number of rotatable bonds is 9. The Morgan fingerprint density at radius 3 is 2.16 bits per heavy atom. The summed E-state index contributed by atoms with van der Waals surface area (Å²) < 4.78 is 43.6. The summed E-state index contributed by atoms with van der Waals surface area (Å²) in [6, 6.07) is 12.1. The fourth-order valence-corrected chi connectivity index (χ4v) is 3.67. The van der Waals surface area contributed by atoms with Crippen molar-refractivity contribution >= 4 is 45.1 Å². The van der Waals surface area contributed by atoms with Gasteiger partial charge in [-0.1, -0.05) is 65.7 Å². The van der Waals surface area contributed by atoms with Crippen LogP contribution < -0.4 is 5.32 Å². The van der Waals surface area contributed by atoms with Gasteiger partial charge in [0.1, 0.15) is 12.2 Å². The van der Waals surface area contributed by atoms with Crippen molar-refractivity contribution in [2.45, 2.75) is 34.5 Å². The lowest BCUT2D eigenvalue weighted by atomic mass is 9.94. The van der Waals surface area contributed by atoms with Crippen molar-refractivity contribution in [2.75, 3.05) is 6.26 Å². The predicted octanol–water partition coefficient (Wildman–Crippen LogP) is 3.70. The van der Waals surface area contributed by atoms with Crippen molar-refractivity contribution in [1.82, 2.24) is 5.32 Å². The van der Waals surface area contributed by atoms with E-state index in [1.165, 1.54) is 24.3 Å². The molecule has 0 aliphatic carbocycles. The Hall–Kier alpha value is -2.36. The van der Waals surface area contributed by atoms with Gasteiger partial charge >= 0.3 is 6.16 Å². The van der Waals surface area contributed by atoms with Crippen LogP contribution in [0.15, 0.2) is 59.5 Å². The zero-order valence-electron chi connectivity index (χ0n) is 16.2. The monoisotopic (exact) mass is 491 g/mol. The van der Waals surface area contributed by atoms with E-state index in [2.05, 4.69) is 5.32 Å². The molecule has 0 saturated heterocycles. The van der Waals surface area contributed by atoms with Crippen LogP contribution in [0.2, 0.25) is 0 Å². The highest BCUT2D eigenvalue weighted by molar-refractivity contribution is 7.90. The molecule has 2 N–H and O–H groups in total. The Balaban J connectivity index is 2.44. The van der Waals surface area contributed by atoms with Crippen molar-refractivity contribution in [2.24, 2.45) is 0 Å². The summed E-state index contributed by atoms with van der Waals surface area (Å²) in [5.74, 6) is -0.934. The normalized spacial score (nSPS) is 14.5. The lowest BCUT2D eigenvalue weighted by Gasteiger charge is -2.30. The van der Waals surface area contributed by atoms with E-state index in [0.717, 1.165) is 6.26 Å². The number of alkyl halides is 3. The fraction of sp³-hybridized carbons (Fsp3) is 0.300. The molecule has 1 amide bonds. The number of hydrogen-bond acceptors (Lipinski definition) is 5. The molecule has 168 valence electrons. The molecule has 0 aliphatic rings. The van der Waals surface area contributed by atoms with Gasteiger partial charge < -0.3 is 15.2 Å². The number of halogens is 3. The lowest BCUT2D eigenvalue weighted by Crippen LogP contribution is -2.49. The molecule has 0 saturated carbocycles. The van der Waals surface area contributed by atoms with E-state index in [1.807, 2.05) is 0 Å². The van der Waals surface area contributed by atoms with E-state index in [1.54, 1.807) is 30.3 Å². The van der Waals surface area contributed by atoms with Crippen LogP contribution in [0.5, 0.6) is 0 Å². The maximum atomic E-state index is 15.4. The topological polar surface area (TPSA) is 110 Å². The number of carboxylic acid groups (broad SMARTS) is 1. The van der Waals surface area contributed by atoms with Gasteiger partial charge in [-0.2, -0.15) is 0 Å². The zero-order chi connectivity index (χ0) is 23.2. The number of sulfone groups is 1. The highest BCUT2D eigenvalue weighted by atomic mass is 35.5. The van der Waals surface area contributed by atoms with E-state index >= 15 is 4.39 Å². The molecule has 2 aromatic rings. The van der Waals surface area contributed by atoms with E-state index in [4.69, 9.17) is 27.9 Å². The highest BCUT2D eigenvalue weighted by Crippen LogP contribution is 2.28. The van der Waals surface area contributed by atoms with Gasteiger partial charge in [0.25, 0.3) is 5.91 Å². The van der Waals surface area contributed by atoms with Crippen LogP contribution in [-0.4, -0.2) is 48.9 Å². The summed E-state index contributed by atoms with van der Waals surface area (Å²) in [4.78, 5) is 21.9. The minimum Gasteiger partial charge on any atom is -0.450 e. The number of carbonyl (C=O) groups is 2. The summed E-state index contributed by atoms with van der Waals surface area (Å²) in [6.07, 6.45) is -4.16. The number of carbonyl (C=O) groups excluding carboxylic acids is 1. The quantitative estimate of drug-likeness (QED) is 0.408. The molecule has 0 fully saturated rings. The number of ether oxygens (including phenoxy) is 1. The van der Waals surface area contributed by atoms with Crippen LogP contribution >= 0.6 is 23.2 Å². The second-order valence-electron chi connectivity index (χ2n) is 6.69. The first-order chi connectivity index (χ1) is 14.5. The average molecular weight is 492 g/mol. The second kappa shape index (κ2) is 10.8. The minimum absolute atomic E-state index is 0.0198. The first-order valence-electron chi connectivity index (χ1n) is 8.95. The molecular weight excluding hydrogens is 472 g/mol. The van der Waals surface area contributed by atoms with Crippen LogP contribution in [0.4, 0.5) is 9.18 Å². The molecule has 2 rings (SSSR count). The Morgan fingerprint density at radius 2 is 1.68 bits per heavy atom. The molecule has 0 aliphatic heterocycles. The SMILES string of the molecule is CS(=O)(=O)c1ccc([C@@H](OC(=O)O)[C@H](NC(=O)C(Cl)Cl)C(F)Cc2ccccc2)cc1. The van der Waals surface area contributed by atoms with E-state index < -0.39 is 45.1 Å². The first-order valence-corrected chi connectivity index (χ1v) is 11.7. The van der Waals surface area contributed by atoms with Gasteiger partial charge in [-0.15, -0.1) is 0 Å². The minimum atomic E-state index is -3.51. The third-order valence-electron chi connectivity index (χ3n) is 4.36. The summed E-state index contributed by atoms with van der Waals surface area (Å²) in [6.45, 7) is 0. The lowest BCUT2D eigenvalue weighted by molar-refractivity contribution is -0.122. The molecule has 0 spiro atoms. The molecule has 31 heavy (non-hydrogen) atoms. The van der Waals surface area contributed by atoms with Crippen molar-refractivity contribution in [3.05, 3.63) is 65.7 Å². The Kier molecular flexibility index (Phi) is 8.67. The van der Waals surface area contributed by atoms with Crippen molar-refractivity contribution < 1.29 is 32.2 Å². The molecule has 7 nitrogen and oxygen atoms in total.